The van der Waals surface area contributed by atoms with Crippen molar-refractivity contribution in [3.05, 3.63) is 29.8 Å². The summed E-state index contributed by atoms with van der Waals surface area (Å²) in [4.78, 5) is 22.7. The van der Waals surface area contributed by atoms with Crippen LogP contribution in [0, 0.1) is 0 Å². The molecule has 0 aliphatic rings. The minimum Gasteiger partial charge on any atom is -0.490 e. The summed E-state index contributed by atoms with van der Waals surface area (Å²) in [6.45, 7) is 2.23. The van der Waals surface area contributed by atoms with Gasteiger partial charge in [0, 0.05) is 12.5 Å². The van der Waals surface area contributed by atoms with Gasteiger partial charge in [-0.05, 0) is 43.2 Å². The molecule has 0 saturated heterocycles. The molecule has 0 atom stereocenters. The van der Waals surface area contributed by atoms with Crippen LogP contribution in [0.4, 0.5) is 0 Å². The SMILES string of the molecule is CCOc1ccc(/C=C/C(=O)O)cc1OC(=O)CCCCC[Si](Cl)(Cl)Cl. The summed E-state index contributed by atoms with van der Waals surface area (Å²) in [7, 11) is 0. The summed E-state index contributed by atoms with van der Waals surface area (Å²) in [6.07, 6.45) is 4.83. The molecule has 0 aliphatic heterocycles. The number of hydrogen-bond donors (Lipinski definition) is 1. The lowest BCUT2D eigenvalue weighted by Crippen LogP contribution is -2.10. The maximum atomic E-state index is 12.0. The Balaban J connectivity index is 2.63. The molecule has 0 unspecified atom stereocenters. The molecule has 5 nitrogen and oxygen atoms in total. The van der Waals surface area contributed by atoms with Crippen molar-refractivity contribution in [2.75, 3.05) is 6.61 Å². The van der Waals surface area contributed by atoms with E-state index in [1.165, 1.54) is 6.08 Å². The fourth-order valence-corrected chi connectivity index (χ4v) is 3.95. The van der Waals surface area contributed by atoms with E-state index in [9.17, 15) is 9.59 Å². The normalized spacial score (nSPS) is 11.5. The molecular formula is C17H21Cl3O5Si. The minimum atomic E-state index is -2.60. The van der Waals surface area contributed by atoms with E-state index in [2.05, 4.69) is 0 Å². The standard InChI is InChI=1S/C17H21Cl3O5Si/c1-2-24-14-9-7-13(8-10-16(21)22)12-15(14)25-17(23)6-4-3-5-11-26(18,19)20/h7-10,12H,2-6,11H2,1H3,(H,21,22)/b10-8+. The first kappa shape index (κ1) is 22.8. The molecule has 0 bridgehead atoms. The average Bonchev–Trinajstić information content (AvgIpc) is 2.53. The van der Waals surface area contributed by atoms with Gasteiger partial charge in [0.25, 0.3) is 0 Å². The zero-order valence-electron chi connectivity index (χ0n) is 14.3. The van der Waals surface area contributed by atoms with Gasteiger partial charge in [0.2, 0.25) is 0 Å². The highest BCUT2D eigenvalue weighted by atomic mass is 35.8. The third-order valence-electron chi connectivity index (χ3n) is 3.25. The smallest absolute Gasteiger partial charge is 0.341 e. The second-order valence-electron chi connectivity index (χ2n) is 5.46. The van der Waals surface area contributed by atoms with E-state index in [1.807, 2.05) is 6.92 Å². The van der Waals surface area contributed by atoms with Crippen LogP contribution in [-0.2, 0) is 9.59 Å². The van der Waals surface area contributed by atoms with Crippen LogP contribution in [0.25, 0.3) is 6.08 Å². The molecule has 0 fully saturated rings. The quantitative estimate of drug-likeness (QED) is 0.126. The largest absolute Gasteiger partial charge is 0.490 e. The zero-order valence-corrected chi connectivity index (χ0v) is 17.6. The number of carbonyl (C=O) groups excluding carboxylic acids is 1. The fraction of sp³-hybridized carbons (Fsp3) is 0.412. The highest BCUT2D eigenvalue weighted by Gasteiger charge is 2.23. The lowest BCUT2D eigenvalue weighted by Gasteiger charge is -2.11. The van der Waals surface area contributed by atoms with Gasteiger partial charge in [0.1, 0.15) is 0 Å². The van der Waals surface area contributed by atoms with Gasteiger partial charge in [-0.2, -0.15) is 0 Å². The Morgan fingerprint density at radius 1 is 1.15 bits per heavy atom. The van der Waals surface area contributed by atoms with Crippen LogP contribution in [0.1, 0.15) is 38.2 Å². The molecule has 0 aliphatic carbocycles. The Kier molecular flexibility index (Phi) is 10.1. The lowest BCUT2D eigenvalue weighted by atomic mass is 10.2. The van der Waals surface area contributed by atoms with Gasteiger partial charge in [0.15, 0.2) is 11.5 Å². The third kappa shape index (κ3) is 10.1. The molecule has 0 saturated carbocycles. The van der Waals surface area contributed by atoms with E-state index >= 15 is 0 Å². The molecule has 9 heteroatoms. The highest BCUT2D eigenvalue weighted by Crippen LogP contribution is 2.30. The Morgan fingerprint density at radius 3 is 2.50 bits per heavy atom. The number of rotatable bonds is 11. The van der Waals surface area contributed by atoms with Crippen LogP contribution in [0.15, 0.2) is 24.3 Å². The molecule has 1 aromatic carbocycles. The van der Waals surface area contributed by atoms with Gasteiger partial charge < -0.3 is 14.6 Å². The molecule has 1 aromatic rings. The van der Waals surface area contributed by atoms with E-state index < -0.39 is 17.9 Å². The van der Waals surface area contributed by atoms with Crippen LogP contribution < -0.4 is 9.47 Å². The average molecular weight is 440 g/mol. The summed E-state index contributed by atoms with van der Waals surface area (Å²) in [5.41, 5.74) is 0.589. The first-order chi connectivity index (χ1) is 12.2. The summed E-state index contributed by atoms with van der Waals surface area (Å²) < 4.78 is 10.8. The van der Waals surface area contributed by atoms with Gasteiger partial charge >= 0.3 is 17.9 Å². The highest BCUT2D eigenvalue weighted by molar-refractivity contribution is 7.64. The van der Waals surface area contributed by atoms with Crippen molar-refractivity contribution in [2.24, 2.45) is 0 Å². The number of ether oxygens (including phenoxy) is 2. The van der Waals surface area contributed by atoms with Crippen molar-refractivity contribution >= 4 is 57.3 Å². The third-order valence-corrected chi connectivity index (χ3v) is 5.87. The van der Waals surface area contributed by atoms with Crippen LogP contribution in [-0.4, -0.2) is 29.7 Å². The van der Waals surface area contributed by atoms with Gasteiger partial charge in [-0.25, -0.2) is 4.79 Å². The van der Waals surface area contributed by atoms with Gasteiger partial charge in [-0.1, -0.05) is 18.9 Å². The van der Waals surface area contributed by atoms with Crippen molar-refractivity contribution in [1.29, 1.82) is 0 Å². The second-order valence-corrected chi connectivity index (χ2v) is 14.7. The number of carboxylic acid groups (broad SMARTS) is 1. The number of benzene rings is 1. The molecule has 0 spiro atoms. The number of carbonyl (C=O) groups is 2. The summed E-state index contributed by atoms with van der Waals surface area (Å²) in [6, 6.07) is 2.86. The van der Waals surface area contributed by atoms with E-state index in [1.54, 1.807) is 18.2 Å². The molecule has 0 amide bonds. The topological polar surface area (TPSA) is 72.8 Å². The van der Waals surface area contributed by atoms with E-state index in [0.717, 1.165) is 18.9 Å². The molecule has 0 aromatic heterocycles. The first-order valence-electron chi connectivity index (χ1n) is 8.16. The van der Waals surface area contributed by atoms with Gasteiger partial charge in [0.05, 0.1) is 6.61 Å². The molecule has 0 heterocycles. The first-order valence-corrected chi connectivity index (χ1v) is 13.4. The maximum Gasteiger partial charge on any atom is 0.341 e. The van der Waals surface area contributed by atoms with E-state index in [0.29, 0.717) is 30.4 Å². The predicted octanol–water partition coefficient (Wildman–Crippen LogP) is 5.30. The number of unbranched alkanes of at least 4 members (excludes halogenated alkanes) is 2. The van der Waals surface area contributed by atoms with Crippen LogP contribution >= 0.6 is 33.2 Å². The molecule has 1 N–H and O–H groups in total. The Labute approximate surface area is 168 Å². The molecular weight excluding hydrogens is 419 g/mol. The minimum absolute atomic E-state index is 0.238. The number of halogens is 3. The summed E-state index contributed by atoms with van der Waals surface area (Å²) >= 11 is 17.4. The van der Waals surface area contributed by atoms with E-state index in [4.69, 9.17) is 47.8 Å². The van der Waals surface area contributed by atoms with Gasteiger partial charge in [-0.15, -0.1) is 33.2 Å². The number of carboxylic acids is 1. The molecule has 144 valence electrons. The van der Waals surface area contributed by atoms with Crippen molar-refractivity contribution in [3.63, 3.8) is 0 Å². The molecule has 26 heavy (non-hydrogen) atoms. The van der Waals surface area contributed by atoms with Gasteiger partial charge in [-0.3, -0.25) is 4.79 Å². The van der Waals surface area contributed by atoms with Crippen LogP contribution in [0.3, 0.4) is 0 Å². The summed E-state index contributed by atoms with van der Waals surface area (Å²) in [5, 5.41) is 8.70. The summed E-state index contributed by atoms with van der Waals surface area (Å²) in [5.74, 6) is -0.764. The van der Waals surface area contributed by atoms with Crippen LogP contribution in [0.2, 0.25) is 6.04 Å². The van der Waals surface area contributed by atoms with Crippen molar-refractivity contribution in [1.82, 2.24) is 0 Å². The molecule has 1 rings (SSSR count). The number of hydrogen-bond acceptors (Lipinski definition) is 4. The maximum absolute atomic E-state index is 12.0. The lowest BCUT2D eigenvalue weighted by molar-refractivity contribution is -0.134. The Bertz CT molecular complexity index is 644. The second kappa shape index (κ2) is 11.5. The predicted molar refractivity (Wildman–Crippen MR) is 107 cm³/mol. The zero-order chi connectivity index (χ0) is 19.6. The number of esters is 1. The monoisotopic (exact) mass is 438 g/mol. The number of aliphatic carboxylic acids is 1. The molecule has 0 radical (unpaired) electrons. The van der Waals surface area contributed by atoms with Crippen molar-refractivity contribution < 1.29 is 24.2 Å². The van der Waals surface area contributed by atoms with E-state index in [-0.39, 0.29) is 12.2 Å². The van der Waals surface area contributed by atoms with Crippen molar-refractivity contribution in [2.45, 2.75) is 38.7 Å². The van der Waals surface area contributed by atoms with Crippen LogP contribution in [0.5, 0.6) is 11.5 Å². The van der Waals surface area contributed by atoms with Crippen molar-refractivity contribution in [3.8, 4) is 11.5 Å². The Hall–Kier alpha value is -1.21. The fourth-order valence-electron chi connectivity index (χ4n) is 2.10. The Morgan fingerprint density at radius 2 is 1.88 bits per heavy atom.